The van der Waals surface area contributed by atoms with Crippen LogP contribution in [0.4, 0.5) is 0 Å². The number of fused-ring (bicyclic) bond motifs is 2. The number of hydrogen-bond acceptors (Lipinski definition) is 1. The molecule has 0 saturated heterocycles. The monoisotopic (exact) mass is 215 g/mol. The molecule has 0 N–H and O–H groups in total. The van der Waals surface area contributed by atoms with E-state index in [1.165, 1.54) is 12.8 Å². The van der Waals surface area contributed by atoms with E-state index < -0.39 is 0 Å². The molecule has 1 nitrogen and oxygen atoms in total. The van der Waals surface area contributed by atoms with E-state index in [9.17, 15) is 0 Å². The maximum Gasteiger partial charge on any atom is 0.0282 e. The van der Waals surface area contributed by atoms with Gasteiger partial charge in [0.25, 0.3) is 0 Å². The van der Waals surface area contributed by atoms with Crippen LogP contribution < -0.4 is 0 Å². The van der Waals surface area contributed by atoms with Crippen molar-refractivity contribution in [2.75, 3.05) is 20.0 Å². The number of nitrogens with zero attached hydrogens (tertiary/aromatic N) is 1. The van der Waals surface area contributed by atoms with E-state index in [1.807, 2.05) is 0 Å². The fourth-order valence-corrected chi connectivity index (χ4v) is 4.25. The van der Waals surface area contributed by atoms with E-state index in [4.69, 9.17) is 11.6 Å². The first-order valence-corrected chi connectivity index (χ1v) is 6.26. The summed E-state index contributed by atoms with van der Waals surface area (Å²) >= 11 is 6.13. The van der Waals surface area contributed by atoms with Crippen molar-refractivity contribution >= 4 is 11.6 Å². The topological polar surface area (TPSA) is 3.24 Å². The second-order valence-electron chi connectivity index (χ2n) is 5.80. The Bertz CT molecular complexity index is 228. The van der Waals surface area contributed by atoms with Crippen molar-refractivity contribution in [1.82, 2.24) is 4.90 Å². The molecule has 0 aromatic rings. The average Bonchev–Trinajstić information content (AvgIpc) is 2.15. The first kappa shape index (κ1) is 10.8. The average molecular weight is 216 g/mol. The molecule has 2 bridgehead atoms. The van der Waals surface area contributed by atoms with Crippen LogP contribution in [0, 0.1) is 23.2 Å². The van der Waals surface area contributed by atoms with Gasteiger partial charge in [-0.2, -0.15) is 0 Å². The van der Waals surface area contributed by atoms with Crippen LogP contribution in [0.25, 0.3) is 0 Å². The number of halogens is 1. The van der Waals surface area contributed by atoms with Crippen LogP contribution >= 0.6 is 11.6 Å². The molecule has 3 saturated carbocycles. The Morgan fingerprint density at radius 2 is 2.00 bits per heavy atom. The predicted octanol–water partition coefficient (Wildman–Crippen LogP) is 2.84. The Morgan fingerprint density at radius 3 is 2.43 bits per heavy atom. The van der Waals surface area contributed by atoms with E-state index in [-0.39, 0.29) is 0 Å². The molecule has 5 atom stereocenters. The molecule has 0 spiro atoms. The highest BCUT2D eigenvalue weighted by Gasteiger charge is 2.58. The zero-order valence-corrected chi connectivity index (χ0v) is 10.5. The van der Waals surface area contributed by atoms with Crippen LogP contribution in [-0.2, 0) is 0 Å². The van der Waals surface area contributed by atoms with Crippen molar-refractivity contribution in [2.45, 2.75) is 32.7 Å². The largest absolute Gasteiger partial charge is 0.306 e. The van der Waals surface area contributed by atoms with Crippen LogP contribution in [0.1, 0.15) is 26.7 Å². The maximum absolute atomic E-state index is 6.13. The summed E-state index contributed by atoms with van der Waals surface area (Å²) in [7, 11) is 4.42. The Hall–Kier alpha value is 0.250. The van der Waals surface area contributed by atoms with Gasteiger partial charge in [0.05, 0.1) is 0 Å². The summed E-state index contributed by atoms with van der Waals surface area (Å²) in [6, 6.07) is 0.787. The summed E-state index contributed by atoms with van der Waals surface area (Å²) in [5.41, 5.74) is 0.452. The highest BCUT2D eigenvalue weighted by Crippen LogP contribution is 2.62. The van der Waals surface area contributed by atoms with Gasteiger partial charge < -0.3 is 4.90 Å². The van der Waals surface area contributed by atoms with Gasteiger partial charge in [0, 0.05) is 11.9 Å². The molecule has 3 aliphatic carbocycles. The summed E-state index contributed by atoms with van der Waals surface area (Å²) in [5, 5.41) is 0. The molecule has 0 heterocycles. The third-order valence-corrected chi connectivity index (χ3v) is 5.61. The Balaban J connectivity index is 2.12. The predicted molar refractivity (Wildman–Crippen MR) is 61.7 cm³/mol. The normalized spacial score (nSPS) is 51.9. The third kappa shape index (κ3) is 1.25. The Kier molecular flexibility index (Phi) is 2.60. The number of alkyl halides is 1. The van der Waals surface area contributed by atoms with Crippen molar-refractivity contribution in [3.05, 3.63) is 0 Å². The minimum absolute atomic E-state index is 0.452. The second kappa shape index (κ2) is 3.38. The lowest BCUT2D eigenvalue weighted by Crippen LogP contribution is -2.61. The molecule has 82 valence electrons. The van der Waals surface area contributed by atoms with Gasteiger partial charge in [0.15, 0.2) is 0 Å². The lowest BCUT2D eigenvalue weighted by Gasteiger charge is -2.63. The van der Waals surface area contributed by atoms with Crippen molar-refractivity contribution in [3.63, 3.8) is 0 Å². The van der Waals surface area contributed by atoms with E-state index in [2.05, 4.69) is 32.8 Å². The minimum atomic E-state index is 0.452. The molecule has 3 rings (SSSR count). The van der Waals surface area contributed by atoms with Gasteiger partial charge in [-0.15, -0.1) is 11.6 Å². The Labute approximate surface area is 92.8 Å². The molecule has 3 aliphatic rings. The minimum Gasteiger partial charge on any atom is -0.306 e. The summed E-state index contributed by atoms with van der Waals surface area (Å²) in [5.74, 6) is 3.42. The molecule has 0 aromatic heterocycles. The molecule has 0 aliphatic heterocycles. The van der Waals surface area contributed by atoms with Gasteiger partial charge in [-0.3, -0.25) is 0 Å². The smallest absolute Gasteiger partial charge is 0.0282 e. The highest BCUT2D eigenvalue weighted by atomic mass is 35.5. The lowest BCUT2D eigenvalue weighted by atomic mass is 9.44. The molecule has 3 fully saturated rings. The van der Waals surface area contributed by atoms with Crippen molar-refractivity contribution < 1.29 is 0 Å². The lowest BCUT2D eigenvalue weighted by molar-refractivity contribution is -0.129. The van der Waals surface area contributed by atoms with Crippen LogP contribution in [-0.4, -0.2) is 30.9 Å². The molecule has 2 heteroatoms. The molecule has 0 radical (unpaired) electrons. The third-order valence-electron chi connectivity index (χ3n) is 5.04. The summed E-state index contributed by atoms with van der Waals surface area (Å²) in [6.07, 6.45) is 2.78. The quantitative estimate of drug-likeness (QED) is 0.641. The van der Waals surface area contributed by atoms with Gasteiger partial charge in [0.2, 0.25) is 0 Å². The van der Waals surface area contributed by atoms with Gasteiger partial charge in [0.1, 0.15) is 0 Å². The van der Waals surface area contributed by atoms with Gasteiger partial charge in [-0.05, 0) is 50.1 Å². The fraction of sp³-hybridized carbons (Fsp3) is 1.00. The SMILES string of the molecule is CC1C(N(C)C)CC2CC1C2(C)CCl. The van der Waals surface area contributed by atoms with Crippen LogP contribution in [0.3, 0.4) is 0 Å². The van der Waals surface area contributed by atoms with E-state index >= 15 is 0 Å². The number of rotatable bonds is 2. The van der Waals surface area contributed by atoms with Crippen molar-refractivity contribution in [3.8, 4) is 0 Å². The zero-order chi connectivity index (χ0) is 10.5. The highest BCUT2D eigenvalue weighted by molar-refractivity contribution is 6.18. The van der Waals surface area contributed by atoms with Gasteiger partial charge in [-0.1, -0.05) is 13.8 Å². The molecule has 0 amide bonds. The van der Waals surface area contributed by atoms with Gasteiger partial charge >= 0.3 is 0 Å². The second-order valence-corrected chi connectivity index (χ2v) is 6.07. The van der Waals surface area contributed by atoms with Crippen LogP contribution in [0.2, 0.25) is 0 Å². The first-order chi connectivity index (χ1) is 6.50. The van der Waals surface area contributed by atoms with E-state index in [0.29, 0.717) is 5.41 Å². The summed E-state index contributed by atoms with van der Waals surface area (Å²) in [4.78, 5) is 2.40. The van der Waals surface area contributed by atoms with E-state index in [1.54, 1.807) is 0 Å². The summed E-state index contributed by atoms with van der Waals surface area (Å²) in [6.45, 7) is 4.80. The van der Waals surface area contributed by atoms with Crippen LogP contribution in [0.5, 0.6) is 0 Å². The summed E-state index contributed by atoms with van der Waals surface area (Å²) < 4.78 is 0. The molecular weight excluding hydrogens is 194 g/mol. The van der Waals surface area contributed by atoms with Gasteiger partial charge in [-0.25, -0.2) is 0 Å². The first-order valence-electron chi connectivity index (χ1n) is 5.73. The maximum atomic E-state index is 6.13. The molecule has 5 unspecified atom stereocenters. The van der Waals surface area contributed by atoms with Crippen LogP contribution in [0.15, 0.2) is 0 Å². The fourth-order valence-electron chi connectivity index (χ4n) is 3.83. The van der Waals surface area contributed by atoms with Crippen molar-refractivity contribution in [2.24, 2.45) is 23.2 Å². The van der Waals surface area contributed by atoms with Crippen molar-refractivity contribution in [1.29, 1.82) is 0 Å². The Morgan fingerprint density at radius 1 is 1.36 bits per heavy atom. The van der Waals surface area contributed by atoms with E-state index in [0.717, 1.165) is 29.7 Å². The molecule has 14 heavy (non-hydrogen) atoms. The molecule has 0 aromatic carbocycles. The number of hydrogen-bond donors (Lipinski definition) is 0. The molecular formula is C12H22ClN. The standard InChI is InChI=1S/C12H22ClN/c1-8-10-5-9(12(10,2)7-13)6-11(8)14(3)4/h8-11H,5-7H2,1-4H3. The zero-order valence-electron chi connectivity index (χ0n) is 9.76.